The molecule has 1 aliphatic heterocycles. The topological polar surface area (TPSA) is 84.9 Å². The van der Waals surface area contributed by atoms with E-state index in [2.05, 4.69) is 5.32 Å². The highest BCUT2D eigenvalue weighted by Gasteiger charge is 2.30. The average Bonchev–Trinajstić information content (AvgIpc) is 3.08. The minimum Gasteiger partial charge on any atom is -0.454 e. The van der Waals surface area contributed by atoms with Crippen LogP contribution in [-0.4, -0.2) is 33.4 Å². The Kier molecular flexibility index (Phi) is 5.22. The Hall–Kier alpha value is -2.81. The first-order chi connectivity index (χ1) is 12.8. The Balaban J connectivity index is 1.75. The van der Waals surface area contributed by atoms with Crippen molar-refractivity contribution in [1.29, 1.82) is 0 Å². The summed E-state index contributed by atoms with van der Waals surface area (Å²) in [7, 11) is -3.88. The van der Waals surface area contributed by atoms with Crippen molar-refractivity contribution >= 4 is 21.6 Å². The standard InChI is InChI=1S/C18H19FN2O5S/c1-12(21(27(2,23)24)15-6-4-3-5-14(15)19)18(22)20-10-13-7-8-16-17(9-13)26-11-25-16/h3-9,12H,10-11H2,1-2H3,(H,20,22). The van der Waals surface area contributed by atoms with E-state index in [4.69, 9.17) is 9.47 Å². The number of ether oxygens (including phenoxy) is 2. The van der Waals surface area contributed by atoms with E-state index in [-0.39, 0.29) is 19.0 Å². The van der Waals surface area contributed by atoms with Crippen molar-refractivity contribution in [3.63, 3.8) is 0 Å². The Labute approximate surface area is 156 Å². The fourth-order valence-electron chi connectivity index (χ4n) is 2.80. The van der Waals surface area contributed by atoms with Crippen LogP contribution in [0.5, 0.6) is 11.5 Å². The number of sulfonamides is 1. The SMILES string of the molecule is CC(C(=O)NCc1ccc2c(c1)OCO2)N(c1ccccc1F)S(C)(=O)=O. The van der Waals surface area contributed by atoms with Crippen molar-refractivity contribution in [2.24, 2.45) is 0 Å². The van der Waals surface area contributed by atoms with E-state index in [9.17, 15) is 17.6 Å². The van der Waals surface area contributed by atoms with Gasteiger partial charge in [-0.15, -0.1) is 0 Å². The summed E-state index contributed by atoms with van der Waals surface area (Å²) < 4.78 is 49.8. The van der Waals surface area contributed by atoms with E-state index >= 15 is 0 Å². The van der Waals surface area contributed by atoms with Gasteiger partial charge in [0.05, 0.1) is 11.9 Å². The third kappa shape index (κ3) is 4.13. The van der Waals surface area contributed by atoms with Gasteiger partial charge in [-0.1, -0.05) is 18.2 Å². The zero-order chi connectivity index (χ0) is 19.6. The molecule has 1 aliphatic rings. The molecule has 1 unspecified atom stereocenters. The Bertz CT molecular complexity index is 964. The highest BCUT2D eigenvalue weighted by molar-refractivity contribution is 7.92. The van der Waals surface area contributed by atoms with Crippen LogP contribution in [0.2, 0.25) is 0 Å². The summed E-state index contributed by atoms with van der Waals surface area (Å²) in [6, 6.07) is 9.52. The van der Waals surface area contributed by atoms with Gasteiger partial charge >= 0.3 is 0 Å². The maximum absolute atomic E-state index is 14.1. The van der Waals surface area contributed by atoms with Gasteiger partial charge in [-0.2, -0.15) is 0 Å². The minimum absolute atomic E-state index is 0.147. The molecule has 0 saturated heterocycles. The molecule has 1 amide bonds. The lowest BCUT2D eigenvalue weighted by Gasteiger charge is -2.28. The third-order valence-corrected chi connectivity index (χ3v) is 5.31. The molecule has 27 heavy (non-hydrogen) atoms. The Morgan fingerprint density at radius 2 is 1.93 bits per heavy atom. The van der Waals surface area contributed by atoms with Crippen LogP contribution in [0, 0.1) is 5.82 Å². The molecular weight excluding hydrogens is 375 g/mol. The molecule has 3 rings (SSSR count). The summed E-state index contributed by atoms with van der Waals surface area (Å²) in [5, 5.41) is 2.67. The predicted molar refractivity (Wildman–Crippen MR) is 97.6 cm³/mol. The van der Waals surface area contributed by atoms with Gasteiger partial charge in [0.15, 0.2) is 11.5 Å². The number of carbonyl (C=O) groups excluding carboxylic acids is 1. The highest BCUT2D eigenvalue weighted by atomic mass is 32.2. The number of carbonyl (C=O) groups is 1. The van der Waals surface area contributed by atoms with Gasteiger partial charge in [0.25, 0.3) is 0 Å². The van der Waals surface area contributed by atoms with Gasteiger partial charge < -0.3 is 14.8 Å². The monoisotopic (exact) mass is 394 g/mol. The summed E-state index contributed by atoms with van der Waals surface area (Å²) in [6.07, 6.45) is 0.932. The number of para-hydroxylation sites is 1. The van der Waals surface area contributed by atoms with Crippen LogP contribution in [-0.2, 0) is 21.4 Å². The van der Waals surface area contributed by atoms with E-state index in [1.54, 1.807) is 18.2 Å². The van der Waals surface area contributed by atoms with Crippen molar-refractivity contribution < 1.29 is 27.1 Å². The van der Waals surface area contributed by atoms with Crippen molar-refractivity contribution in [2.75, 3.05) is 17.4 Å². The molecule has 0 aromatic heterocycles. The Morgan fingerprint density at radius 1 is 1.22 bits per heavy atom. The van der Waals surface area contributed by atoms with Crippen LogP contribution in [0.25, 0.3) is 0 Å². The maximum Gasteiger partial charge on any atom is 0.243 e. The number of fused-ring (bicyclic) bond motifs is 1. The van der Waals surface area contributed by atoms with Crippen molar-refractivity contribution in [3.8, 4) is 11.5 Å². The zero-order valence-corrected chi connectivity index (χ0v) is 15.6. The Morgan fingerprint density at radius 3 is 2.63 bits per heavy atom. The first-order valence-electron chi connectivity index (χ1n) is 8.17. The second-order valence-corrected chi connectivity index (χ2v) is 7.95. The maximum atomic E-state index is 14.1. The first-order valence-corrected chi connectivity index (χ1v) is 10.0. The molecule has 2 aromatic rings. The molecule has 0 bridgehead atoms. The summed E-state index contributed by atoms with van der Waals surface area (Å²) in [4.78, 5) is 12.5. The molecule has 144 valence electrons. The summed E-state index contributed by atoms with van der Waals surface area (Å²) >= 11 is 0. The second kappa shape index (κ2) is 7.43. The smallest absolute Gasteiger partial charge is 0.243 e. The lowest BCUT2D eigenvalue weighted by molar-refractivity contribution is -0.122. The highest BCUT2D eigenvalue weighted by Crippen LogP contribution is 2.32. The summed E-state index contributed by atoms with van der Waals surface area (Å²) in [5.41, 5.74) is 0.585. The zero-order valence-electron chi connectivity index (χ0n) is 14.8. The average molecular weight is 394 g/mol. The van der Waals surface area contributed by atoms with Gasteiger partial charge in [-0.25, -0.2) is 12.8 Å². The van der Waals surface area contributed by atoms with Gasteiger partial charge in [-0.05, 0) is 36.8 Å². The molecular formula is C18H19FN2O5S. The minimum atomic E-state index is -3.88. The molecule has 1 N–H and O–H groups in total. The lowest BCUT2D eigenvalue weighted by atomic mass is 10.2. The van der Waals surface area contributed by atoms with Crippen LogP contribution in [0.3, 0.4) is 0 Å². The molecule has 0 saturated carbocycles. The predicted octanol–water partition coefficient (Wildman–Crippen LogP) is 2.03. The molecule has 0 radical (unpaired) electrons. The van der Waals surface area contributed by atoms with E-state index in [1.165, 1.54) is 25.1 Å². The molecule has 0 aliphatic carbocycles. The summed E-state index contributed by atoms with van der Waals surface area (Å²) in [5.74, 6) is -0.0696. The van der Waals surface area contributed by atoms with Crippen molar-refractivity contribution in [1.82, 2.24) is 5.32 Å². The second-order valence-electron chi connectivity index (χ2n) is 6.09. The summed E-state index contributed by atoms with van der Waals surface area (Å²) in [6.45, 7) is 1.71. The number of anilines is 1. The normalized spacial score (nSPS) is 13.9. The van der Waals surface area contributed by atoms with Crippen molar-refractivity contribution in [2.45, 2.75) is 19.5 Å². The molecule has 7 nitrogen and oxygen atoms in total. The van der Waals surface area contributed by atoms with Crippen LogP contribution < -0.4 is 19.1 Å². The van der Waals surface area contributed by atoms with E-state index in [1.807, 2.05) is 0 Å². The van der Waals surface area contributed by atoms with Gasteiger partial charge in [-0.3, -0.25) is 9.10 Å². The largest absolute Gasteiger partial charge is 0.454 e. The number of nitrogens with one attached hydrogen (secondary N) is 1. The lowest BCUT2D eigenvalue weighted by Crippen LogP contribution is -2.48. The number of rotatable bonds is 6. The fourth-order valence-corrected chi connectivity index (χ4v) is 3.97. The number of halogens is 1. The molecule has 2 aromatic carbocycles. The number of nitrogens with zero attached hydrogens (tertiary/aromatic N) is 1. The van der Waals surface area contributed by atoms with E-state index in [0.29, 0.717) is 11.5 Å². The molecule has 0 spiro atoms. The number of benzene rings is 2. The molecule has 9 heteroatoms. The van der Waals surface area contributed by atoms with Crippen LogP contribution in [0.1, 0.15) is 12.5 Å². The molecule has 0 fully saturated rings. The van der Waals surface area contributed by atoms with Gasteiger partial charge in [0, 0.05) is 6.54 Å². The van der Waals surface area contributed by atoms with E-state index < -0.39 is 27.8 Å². The van der Waals surface area contributed by atoms with Crippen molar-refractivity contribution in [3.05, 3.63) is 53.8 Å². The molecule has 1 heterocycles. The van der Waals surface area contributed by atoms with Gasteiger partial charge in [0.2, 0.25) is 22.7 Å². The number of hydrogen-bond donors (Lipinski definition) is 1. The van der Waals surface area contributed by atoms with Crippen LogP contribution >= 0.6 is 0 Å². The van der Waals surface area contributed by atoms with Crippen LogP contribution in [0.15, 0.2) is 42.5 Å². The fraction of sp³-hybridized carbons (Fsp3) is 0.278. The van der Waals surface area contributed by atoms with Crippen LogP contribution in [0.4, 0.5) is 10.1 Å². The quantitative estimate of drug-likeness (QED) is 0.810. The van der Waals surface area contributed by atoms with Gasteiger partial charge in [0.1, 0.15) is 11.9 Å². The first kappa shape index (κ1) is 19.0. The third-order valence-electron chi connectivity index (χ3n) is 4.08. The molecule has 1 atom stereocenters. The number of hydrogen-bond acceptors (Lipinski definition) is 5. The number of amides is 1. The van der Waals surface area contributed by atoms with E-state index in [0.717, 1.165) is 22.2 Å².